The number of nitrogens with zero attached hydrogens (tertiary/aromatic N) is 2. The second kappa shape index (κ2) is 9.64. The molecule has 0 radical (unpaired) electrons. The van der Waals surface area contributed by atoms with Crippen LogP contribution in [0.3, 0.4) is 0 Å². The molecule has 2 aromatic carbocycles. The maximum atomic E-state index is 11.8. The molecule has 0 amide bonds. The highest BCUT2D eigenvalue weighted by Gasteiger charge is 2.15. The van der Waals surface area contributed by atoms with E-state index in [0.717, 1.165) is 30.8 Å². The van der Waals surface area contributed by atoms with Gasteiger partial charge in [-0.1, -0.05) is 30.3 Å². The fraction of sp³-hybridized carbons (Fsp3) is 0.292. The van der Waals surface area contributed by atoms with Gasteiger partial charge in [-0.15, -0.1) is 11.3 Å². The van der Waals surface area contributed by atoms with E-state index in [4.69, 9.17) is 9.88 Å². The molecule has 4 rings (SSSR count). The molecule has 0 saturated carbocycles. The van der Waals surface area contributed by atoms with Crippen LogP contribution in [0.25, 0.3) is 16.8 Å². The summed E-state index contributed by atoms with van der Waals surface area (Å²) < 4.78 is 29.4. The molecule has 3 aromatic rings. The van der Waals surface area contributed by atoms with Gasteiger partial charge in [0, 0.05) is 24.0 Å². The smallest absolute Gasteiger partial charge is 0.238 e. The standard InChI is InChI=1S/C24H28N4O3S2/c1-16(2)31-23-9-8-20(33(25,29)30)14-21(23)26-24-27-22(15-32-24)19-6-4-17(5-7-19)18-10-12-28(3)13-11-18/h4-10,14-16H,11-13H2,1-3H3,(H,26,27)(H2,25,29,30). The van der Waals surface area contributed by atoms with Gasteiger partial charge in [-0.05, 0) is 56.7 Å². The number of sulfonamides is 1. The minimum absolute atomic E-state index is 0.0108. The molecule has 33 heavy (non-hydrogen) atoms. The van der Waals surface area contributed by atoms with Gasteiger partial charge >= 0.3 is 0 Å². The number of aromatic nitrogens is 1. The number of anilines is 2. The van der Waals surface area contributed by atoms with Crippen molar-refractivity contribution < 1.29 is 13.2 Å². The lowest BCUT2D eigenvalue weighted by molar-refractivity contribution is 0.243. The van der Waals surface area contributed by atoms with Gasteiger partial charge in [-0.3, -0.25) is 0 Å². The second-order valence-corrected chi connectivity index (χ2v) is 10.8. The molecule has 0 saturated heterocycles. The number of ether oxygens (including phenoxy) is 1. The molecule has 0 fully saturated rings. The quantitative estimate of drug-likeness (QED) is 0.504. The van der Waals surface area contributed by atoms with Crippen LogP contribution in [0.1, 0.15) is 25.8 Å². The molecule has 2 heterocycles. The van der Waals surface area contributed by atoms with Crippen molar-refractivity contribution in [3.63, 3.8) is 0 Å². The Bertz CT molecular complexity index is 1270. The van der Waals surface area contributed by atoms with Crippen molar-refractivity contribution in [3.05, 3.63) is 59.5 Å². The third-order valence-electron chi connectivity index (χ3n) is 5.35. The second-order valence-electron chi connectivity index (χ2n) is 8.35. The number of hydrogen-bond donors (Lipinski definition) is 2. The molecule has 174 valence electrons. The Morgan fingerprint density at radius 2 is 1.88 bits per heavy atom. The number of thiazole rings is 1. The van der Waals surface area contributed by atoms with Crippen LogP contribution >= 0.6 is 11.3 Å². The van der Waals surface area contributed by atoms with Gasteiger partial charge in [0.15, 0.2) is 5.13 Å². The number of nitrogens with one attached hydrogen (secondary N) is 1. The summed E-state index contributed by atoms with van der Waals surface area (Å²) in [4.78, 5) is 7.00. The minimum atomic E-state index is -3.84. The largest absolute Gasteiger partial charge is 0.489 e. The van der Waals surface area contributed by atoms with Crippen molar-refractivity contribution in [2.24, 2.45) is 5.14 Å². The summed E-state index contributed by atoms with van der Waals surface area (Å²) in [6, 6.07) is 13.0. The fourth-order valence-corrected chi connectivity index (χ4v) is 4.88. The molecule has 3 N–H and O–H groups in total. The lowest BCUT2D eigenvalue weighted by Gasteiger charge is -2.22. The van der Waals surface area contributed by atoms with Crippen molar-refractivity contribution in [2.45, 2.75) is 31.3 Å². The van der Waals surface area contributed by atoms with E-state index in [1.54, 1.807) is 6.07 Å². The van der Waals surface area contributed by atoms with E-state index in [9.17, 15) is 8.42 Å². The average molecular weight is 485 g/mol. The highest BCUT2D eigenvalue weighted by atomic mass is 32.2. The number of hydrogen-bond acceptors (Lipinski definition) is 7. The van der Waals surface area contributed by atoms with E-state index in [1.165, 1.54) is 34.6 Å². The normalized spacial score (nSPS) is 14.9. The molecular formula is C24H28N4O3S2. The first-order valence-electron chi connectivity index (χ1n) is 10.7. The maximum absolute atomic E-state index is 11.8. The van der Waals surface area contributed by atoms with Crippen molar-refractivity contribution in [2.75, 3.05) is 25.5 Å². The van der Waals surface area contributed by atoms with Crippen LogP contribution in [-0.2, 0) is 10.0 Å². The number of primary sulfonamides is 1. The number of benzene rings is 2. The minimum Gasteiger partial charge on any atom is -0.489 e. The summed E-state index contributed by atoms with van der Waals surface area (Å²) in [6.45, 7) is 5.87. The first kappa shape index (κ1) is 23.4. The number of nitrogens with two attached hydrogens (primary N) is 1. The van der Waals surface area contributed by atoms with Crippen LogP contribution < -0.4 is 15.2 Å². The topological polar surface area (TPSA) is 97.5 Å². The Morgan fingerprint density at radius 3 is 2.52 bits per heavy atom. The lowest BCUT2D eigenvalue weighted by atomic mass is 9.98. The summed E-state index contributed by atoms with van der Waals surface area (Å²) >= 11 is 1.44. The highest BCUT2D eigenvalue weighted by Crippen LogP contribution is 2.34. The SMILES string of the molecule is CC(C)Oc1ccc(S(N)(=O)=O)cc1Nc1nc(-c2ccc(C3=CCN(C)CC3)cc2)cs1. The Labute approximate surface area is 199 Å². The zero-order valence-corrected chi connectivity index (χ0v) is 20.5. The Kier molecular flexibility index (Phi) is 6.85. The van der Waals surface area contributed by atoms with Crippen molar-refractivity contribution >= 4 is 37.8 Å². The predicted octanol–water partition coefficient (Wildman–Crippen LogP) is 4.71. The first-order chi connectivity index (χ1) is 15.7. The van der Waals surface area contributed by atoms with Crippen molar-refractivity contribution in [3.8, 4) is 17.0 Å². The zero-order chi connectivity index (χ0) is 23.6. The first-order valence-corrected chi connectivity index (χ1v) is 13.2. The van der Waals surface area contributed by atoms with Crippen LogP contribution in [-0.4, -0.2) is 44.5 Å². The Morgan fingerprint density at radius 1 is 1.15 bits per heavy atom. The summed E-state index contributed by atoms with van der Waals surface area (Å²) in [7, 11) is -1.70. The van der Waals surface area contributed by atoms with E-state index < -0.39 is 10.0 Å². The summed E-state index contributed by atoms with van der Waals surface area (Å²) in [5.74, 6) is 0.532. The van der Waals surface area contributed by atoms with Crippen LogP contribution in [0.2, 0.25) is 0 Å². The molecule has 0 aliphatic carbocycles. The van der Waals surface area contributed by atoms with Gasteiger partial charge in [0.1, 0.15) is 5.75 Å². The maximum Gasteiger partial charge on any atom is 0.238 e. The van der Waals surface area contributed by atoms with Crippen LogP contribution in [0.4, 0.5) is 10.8 Å². The van der Waals surface area contributed by atoms with Gasteiger partial charge in [0.05, 0.1) is 22.4 Å². The monoisotopic (exact) mass is 484 g/mol. The van der Waals surface area contributed by atoms with Gasteiger partial charge in [-0.25, -0.2) is 18.5 Å². The molecule has 0 spiro atoms. The summed E-state index contributed by atoms with van der Waals surface area (Å²) in [5, 5.41) is 11.1. The van der Waals surface area contributed by atoms with E-state index >= 15 is 0 Å². The molecular weight excluding hydrogens is 456 g/mol. The Balaban J connectivity index is 1.55. The highest BCUT2D eigenvalue weighted by molar-refractivity contribution is 7.89. The average Bonchev–Trinajstić information content (AvgIpc) is 3.23. The van der Waals surface area contributed by atoms with Crippen LogP contribution in [0, 0.1) is 0 Å². The third-order valence-corrected chi connectivity index (χ3v) is 7.02. The lowest BCUT2D eigenvalue weighted by Crippen LogP contribution is -2.23. The molecule has 0 atom stereocenters. The van der Waals surface area contributed by atoms with Gasteiger partial charge < -0.3 is 15.0 Å². The molecule has 0 unspecified atom stereocenters. The third kappa shape index (κ3) is 5.80. The molecule has 1 aliphatic heterocycles. The molecule has 1 aliphatic rings. The van der Waals surface area contributed by atoms with Gasteiger partial charge in [0.2, 0.25) is 10.0 Å². The van der Waals surface area contributed by atoms with Gasteiger partial charge in [-0.2, -0.15) is 0 Å². The van der Waals surface area contributed by atoms with E-state index in [1.807, 2.05) is 19.2 Å². The molecule has 0 bridgehead atoms. The van der Waals surface area contributed by atoms with Gasteiger partial charge in [0.25, 0.3) is 0 Å². The van der Waals surface area contributed by atoms with Crippen molar-refractivity contribution in [1.29, 1.82) is 0 Å². The molecule has 1 aromatic heterocycles. The molecule has 7 nitrogen and oxygen atoms in total. The van der Waals surface area contributed by atoms with E-state index in [0.29, 0.717) is 16.6 Å². The van der Waals surface area contributed by atoms with Crippen LogP contribution in [0.5, 0.6) is 5.75 Å². The number of rotatable bonds is 7. The summed E-state index contributed by atoms with van der Waals surface area (Å²) in [5.41, 5.74) is 5.00. The Hall–Kier alpha value is -2.72. The van der Waals surface area contributed by atoms with Crippen LogP contribution in [0.15, 0.2) is 58.8 Å². The molecule has 9 heteroatoms. The fourth-order valence-electron chi connectivity index (χ4n) is 3.61. The number of likely N-dealkylation sites (N-methyl/N-ethyl adjacent to an activating group) is 1. The zero-order valence-electron chi connectivity index (χ0n) is 18.9. The predicted molar refractivity (Wildman–Crippen MR) is 135 cm³/mol. The van der Waals surface area contributed by atoms with Crippen molar-refractivity contribution in [1.82, 2.24) is 9.88 Å². The summed E-state index contributed by atoms with van der Waals surface area (Å²) in [6.07, 6.45) is 3.27. The van der Waals surface area contributed by atoms with E-state index in [2.05, 4.69) is 52.6 Å². The van der Waals surface area contributed by atoms with E-state index in [-0.39, 0.29) is 11.0 Å².